The number of rotatable bonds is 2. The Morgan fingerprint density at radius 1 is 1.33 bits per heavy atom. The third-order valence-electron chi connectivity index (χ3n) is 1.76. The molecule has 0 aliphatic rings. The first-order valence-electron chi connectivity index (χ1n) is 4.49. The Balaban J connectivity index is 2.82. The van der Waals surface area contributed by atoms with Gasteiger partial charge in [-0.3, -0.25) is 0 Å². The minimum absolute atomic E-state index is 0.566. The fourth-order valence-electron chi connectivity index (χ4n) is 1.08. The molecule has 1 aromatic carbocycles. The van der Waals surface area contributed by atoms with E-state index in [1.165, 1.54) is 7.11 Å². The summed E-state index contributed by atoms with van der Waals surface area (Å²) in [4.78, 5) is 11.0. The lowest BCUT2D eigenvalue weighted by molar-refractivity contribution is 0.0550. The van der Waals surface area contributed by atoms with Crippen molar-refractivity contribution >= 4 is 6.16 Å². The molecule has 1 rings (SSSR count). The van der Waals surface area contributed by atoms with Gasteiger partial charge >= 0.3 is 6.16 Å². The third kappa shape index (κ3) is 3.35. The van der Waals surface area contributed by atoms with Gasteiger partial charge in [-0.25, -0.2) is 4.79 Å². The molecule has 0 saturated carbocycles. The molecule has 0 aliphatic carbocycles. The van der Waals surface area contributed by atoms with Crippen molar-refractivity contribution in [3.8, 4) is 11.8 Å². The summed E-state index contributed by atoms with van der Waals surface area (Å²) in [6, 6.07) is 9.30. The summed E-state index contributed by atoms with van der Waals surface area (Å²) in [5.74, 6) is 5.50. The SMILES string of the molecule is CC#C[C@H](OC(=O)OC)c1ccccc1. The predicted molar refractivity (Wildman–Crippen MR) is 56.1 cm³/mol. The van der Waals surface area contributed by atoms with Crippen molar-refractivity contribution in [1.29, 1.82) is 0 Å². The maximum atomic E-state index is 11.0. The number of benzene rings is 1. The fraction of sp³-hybridized carbons (Fsp3) is 0.250. The van der Waals surface area contributed by atoms with Gasteiger partial charge < -0.3 is 9.47 Å². The zero-order chi connectivity index (χ0) is 11.1. The molecule has 0 amide bonds. The van der Waals surface area contributed by atoms with Gasteiger partial charge in [0.1, 0.15) is 0 Å². The van der Waals surface area contributed by atoms with E-state index in [1.807, 2.05) is 30.3 Å². The van der Waals surface area contributed by atoms with Gasteiger partial charge in [0.15, 0.2) is 6.10 Å². The topological polar surface area (TPSA) is 35.5 Å². The van der Waals surface area contributed by atoms with Crippen molar-refractivity contribution in [2.24, 2.45) is 0 Å². The molecule has 0 aromatic heterocycles. The molecule has 0 unspecified atom stereocenters. The van der Waals surface area contributed by atoms with Crippen LogP contribution in [0.5, 0.6) is 0 Å². The maximum Gasteiger partial charge on any atom is 0.509 e. The van der Waals surface area contributed by atoms with Crippen LogP contribution in [0.3, 0.4) is 0 Å². The predicted octanol–water partition coefficient (Wildman–Crippen LogP) is 2.53. The Bertz CT molecular complexity index is 373. The van der Waals surface area contributed by atoms with Gasteiger partial charge in [0.05, 0.1) is 7.11 Å². The molecule has 1 aromatic rings. The van der Waals surface area contributed by atoms with E-state index in [0.717, 1.165) is 5.56 Å². The lowest BCUT2D eigenvalue weighted by Crippen LogP contribution is -2.09. The average molecular weight is 204 g/mol. The van der Waals surface area contributed by atoms with Crippen LogP contribution in [0.25, 0.3) is 0 Å². The maximum absolute atomic E-state index is 11.0. The van der Waals surface area contributed by atoms with Gasteiger partial charge in [0.2, 0.25) is 0 Å². The first kappa shape index (κ1) is 11.1. The van der Waals surface area contributed by atoms with Gasteiger partial charge in [-0.1, -0.05) is 36.3 Å². The normalized spacial score (nSPS) is 10.8. The Labute approximate surface area is 89.0 Å². The average Bonchev–Trinajstić information content (AvgIpc) is 2.29. The lowest BCUT2D eigenvalue weighted by atomic mass is 10.1. The van der Waals surface area contributed by atoms with Gasteiger partial charge in [-0.2, -0.15) is 0 Å². The molecule has 0 spiro atoms. The molecule has 0 fully saturated rings. The van der Waals surface area contributed by atoms with Crippen molar-refractivity contribution in [3.63, 3.8) is 0 Å². The zero-order valence-electron chi connectivity index (χ0n) is 8.69. The number of carbonyl (C=O) groups is 1. The molecule has 0 N–H and O–H groups in total. The number of ether oxygens (including phenoxy) is 2. The molecular weight excluding hydrogens is 192 g/mol. The second kappa shape index (κ2) is 5.71. The van der Waals surface area contributed by atoms with E-state index in [0.29, 0.717) is 0 Å². The van der Waals surface area contributed by atoms with E-state index in [1.54, 1.807) is 6.92 Å². The van der Waals surface area contributed by atoms with E-state index in [-0.39, 0.29) is 0 Å². The fourth-order valence-corrected chi connectivity index (χ4v) is 1.08. The molecule has 0 saturated heterocycles. The van der Waals surface area contributed by atoms with Crippen LogP contribution in [0.1, 0.15) is 18.6 Å². The summed E-state index contributed by atoms with van der Waals surface area (Å²) in [7, 11) is 1.27. The minimum atomic E-state index is -0.730. The molecule has 78 valence electrons. The van der Waals surface area contributed by atoms with Gasteiger partial charge in [-0.15, -0.1) is 5.92 Å². The van der Waals surface area contributed by atoms with Crippen molar-refractivity contribution in [3.05, 3.63) is 35.9 Å². The molecular formula is C12H12O3. The quantitative estimate of drug-likeness (QED) is 0.548. The summed E-state index contributed by atoms with van der Waals surface area (Å²) in [5, 5.41) is 0. The molecule has 3 heteroatoms. The van der Waals surface area contributed by atoms with Crippen molar-refractivity contribution < 1.29 is 14.3 Å². The van der Waals surface area contributed by atoms with Crippen molar-refractivity contribution in [2.45, 2.75) is 13.0 Å². The molecule has 0 heterocycles. The molecule has 0 bridgehead atoms. The van der Waals surface area contributed by atoms with Crippen LogP contribution in [0.15, 0.2) is 30.3 Å². The van der Waals surface area contributed by atoms with Gasteiger partial charge in [-0.05, 0) is 6.92 Å². The summed E-state index contributed by atoms with van der Waals surface area (Å²) in [5.41, 5.74) is 0.831. The van der Waals surface area contributed by atoms with Crippen LogP contribution in [0.4, 0.5) is 4.79 Å². The van der Waals surface area contributed by atoms with Gasteiger partial charge in [0, 0.05) is 5.56 Å². The van der Waals surface area contributed by atoms with E-state index in [4.69, 9.17) is 4.74 Å². The van der Waals surface area contributed by atoms with Crippen LogP contribution in [-0.2, 0) is 9.47 Å². The van der Waals surface area contributed by atoms with Crippen molar-refractivity contribution in [1.82, 2.24) is 0 Å². The zero-order valence-corrected chi connectivity index (χ0v) is 8.69. The standard InChI is InChI=1S/C12H12O3/c1-3-7-11(15-12(13)14-2)10-8-5-4-6-9-10/h4-6,8-9,11H,1-2H3/t11-/m0/s1. The smallest absolute Gasteiger partial charge is 0.438 e. The van der Waals surface area contributed by atoms with E-state index in [9.17, 15) is 4.79 Å². The number of hydrogen-bond donors (Lipinski definition) is 0. The summed E-state index contributed by atoms with van der Waals surface area (Å²) < 4.78 is 9.41. The Morgan fingerprint density at radius 3 is 2.53 bits per heavy atom. The Hall–Kier alpha value is -1.95. The highest BCUT2D eigenvalue weighted by Gasteiger charge is 2.13. The molecule has 15 heavy (non-hydrogen) atoms. The van der Waals surface area contributed by atoms with Crippen LogP contribution in [0.2, 0.25) is 0 Å². The second-order valence-corrected chi connectivity index (χ2v) is 2.76. The van der Waals surface area contributed by atoms with Crippen LogP contribution < -0.4 is 0 Å². The van der Waals surface area contributed by atoms with Gasteiger partial charge in [0.25, 0.3) is 0 Å². The Kier molecular flexibility index (Phi) is 4.24. The van der Waals surface area contributed by atoms with Crippen LogP contribution >= 0.6 is 0 Å². The number of methoxy groups -OCH3 is 1. The molecule has 3 nitrogen and oxygen atoms in total. The summed E-state index contributed by atoms with van der Waals surface area (Å²) in [6.45, 7) is 1.69. The van der Waals surface area contributed by atoms with Crippen molar-refractivity contribution in [2.75, 3.05) is 7.11 Å². The third-order valence-corrected chi connectivity index (χ3v) is 1.76. The monoisotopic (exact) mass is 204 g/mol. The highest BCUT2D eigenvalue weighted by molar-refractivity contribution is 5.60. The number of hydrogen-bond acceptors (Lipinski definition) is 3. The summed E-state index contributed by atoms with van der Waals surface area (Å²) >= 11 is 0. The Morgan fingerprint density at radius 2 is 2.00 bits per heavy atom. The van der Waals surface area contributed by atoms with E-state index >= 15 is 0 Å². The number of carbonyl (C=O) groups excluding carboxylic acids is 1. The first-order valence-corrected chi connectivity index (χ1v) is 4.49. The van der Waals surface area contributed by atoms with Crippen LogP contribution in [-0.4, -0.2) is 13.3 Å². The van der Waals surface area contributed by atoms with E-state index in [2.05, 4.69) is 16.6 Å². The molecule has 1 atom stereocenters. The lowest BCUT2D eigenvalue weighted by Gasteiger charge is -2.11. The first-order chi connectivity index (χ1) is 7.27. The van der Waals surface area contributed by atoms with Crippen LogP contribution in [0, 0.1) is 11.8 Å². The highest BCUT2D eigenvalue weighted by atomic mass is 16.7. The molecule has 0 radical (unpaired) electrons. The second-order valence-electron chi connectivity index (χ2n) is 2.76. The molecule has 0 aliphatic heterocycles. The minimum Gasteiger partial charge on any atom is -0.438 e. The van der Waals surface area contributed by atoms with E-state index < -0.39 is 12.3 Å². The summed E-state index contributed by atoms with van der Waals surface area (Å²) in [6.07, 6.45) is -1.30. The largest absolute Gasteiger partial charge is 0.509 e. The highest BCUT2D eigenvalue weighted by Crippen LogP contribution is 2.16.